The number of rotatable bonds is 8. The Hall–Kier alpha value is -3.40. The maximum absolute atomic E-state index is 13.2. The number of hydrogen-bond donors (Lipinski definition) is 1. The standard InChI is InChI=1S/C25H18NO.C13H24O2.Ir/c1-14-10-15(2)12-17(11-14)24-19-8-5-9-20-23(19)21(13-26-24)18-7-4-6-16(3)22(18)25(20)27;1-5-10(6-2)12(14)9-13(15)11(7-3)8-4;/h4-11,13H,1-3H3;9-11,14H,5-8H2,1-4H3;/q-1;;/b;12-9-;. The molecule has 227 valence electrons. The van der Waals surface area contributed by atoms with Crippen molar-refractivity contribution in [3.63, 3.8) is 0 Å². The number of carbonyl (C=O) groups is 2. The van der Waals surface area contributed by atoms with Gasteiger partial charge in [-0.1, -0.05) is 77.9 Å². The van der Waals surface area contributed by atoms with Crippen LogP contribution in [0.4, 0.5) is 0 Å². The van der Waals surface area contributed by atoms with Gasteiger partial charge in [-0.05, 0) is 60.2 Å². The summed E-state index contributed by atoms with van der Waals surface area (Å²) in [4.78, 5) is 29.8. The summed E-state index contributed by atoms with van der Waals surface area (Å²) in [6.07, 6.45) is 6.82. The number of aliphatic hydroxyl groups excluding tert-OH is 1. The molecule has 1 aromatic heterocycles. The second-order valence-corrected chi connectivity index (χ2v) is 11.3. The van der Waals surface area contributed by atoms with Crippen LogP contribution in [-0.2, 0) is 24.9 Å². The summed E-state index contributed by atoms with van der Waals surface area (Å²) >= 11 is 0. The van der Waals surface area contributed by atoms with Crippen molar-refractivity contribution in [2.45, 2.75) is 74.1 Å². The van der Waals surface area contributed by atoms with Gasteiger partial charge in [-0.2, -0.15) is 0 Å². The Bertz CT molecular complexity index is 1640. The van der Waals surface area contributed by atoms with Gasteiger partial charge >= 0.3 is 0 Å². The zero-order valence-electron chi connectivity index (χ0n) is 26.3. The van der Waals surface area contributed by atoms with E-state index in [1.165, 1.54) is 11.6 Å². The second kappa shape index (κ2) is 14.9. The summed E-state index contributed by atoms with van der Waals surface area (Å²) in [6, 6.07) is 19.6. The first-order chi connectivity index (χ1) is 20.1. The third-order valence-electron chi connectivity index (χ3n) is 8.43. The van der Waals surface area contributed by atoms with Gasteiger partial charge in [-0.3, -0.25) is 9.59 Å². The van der Waals surface area contributed by atoms with Gasteiger partial charge in [0.1, 0.15) is 0 Å². The van der Waals surface area contributed by atoms with Gasteiger partial charge in [-0.25, -0.2) is 0 Å². The number of aryl methyl sites for hydroxylation is 3. The van der Waals surface area contributed by atoms with E-state index in [1.54, 1.807) is 0 Å². The Morgan fingerprint density at radius 1 is 0.884 bits per heavy atom. The number of fused-ring (bicyclic) bond motifs is 2. The molecule has 1 radical (unpaired) electrons. The molecule has 1 N–H and O–H groups in total. The summed E-state index contributed by atoms with van der Waals surface area (Å²) in [6.45, 7) is 14.2. The van der Waals surface area contributed by atoms with E-state index in [0.29, 0.717) is 0 Å². The summed E-state index contributed by atoms with van der Waals surface area (Å²) in [5.74, 6) is 0.647. The predicted molar refractivity (Wildman–Crippen MR) is 173 cm³/mol. The topological polar surface area (TPSA) is 67.3 Å². The second-order valence-electron chi connectivity index (χ2n) is 11.3. The zero-order valence-corrected chi connectivity index (χ0v) is 28.7. The number of aromatic nitrogens is 1. The Morgan fingerprint density at radius 2 is 1.51 bits per heavy atom. The van der Waals surface area contributed by atoms with Crippen molar-refractivity contribution in [1.29, 1.82) is 0 Å². The number of hydrogen-bond acceptors (Lipinski definition) is 4. The maximum Gasteiger partial charge on any atom is 0.194 e. The molecule has 1 aliphatic carbocycles. The average molecular weight is 753 g/mol. The molecule has 5 heteroatoms. The van der Waals surface area contributed by atoms with Gasteiger partial charge in [0, 0.05) is 60.9 Å². The van der Waals surface area contributed by atoms with Crippen molar-refractivity contribution in [1.82, 2.24) is 4.98 Å². The Balaban J connectivity index is 0.000000274. The van der Waals surface area contributed by atoms with Crippen LogP contribution in [-0.4, -0.2) is 21.7 Å². The monoisotopic (exact) mass is 753 g/mol. The van der Waals surface area contributed by atoms with Crippen molar-refractivity contribution in [3.05, 3.63) is 100 Å². The quantitative estimate of drug-likeness (QED) is 0.0975. The first-order valence-corrected chi connectivity index (χ1v) is 15.2. The van der Waals surface area contributed by atoms with Crippen molar-refractivity contribution in [3.8, 4) is 22.4 Å². The molecule has 4 aromatic rings. The molecule has 0 unspecified atom stereocenters. The van der Waals surface area contributed by atoms with Gasteiger partial charge in [0.25, 0.3) is 0 Å². The predicted octanol–water partition coefficient (Wildman–Crippen LogP) is 9.71. The van der Waals surface area contributed by atoms with Gasteiger partial charge < -0.3 is 10.1 Å². The molecule has 1 aliphatic rings. The SMILES string of the molecule is CCC(CC)C(=O)/C=C(\O)C(CC)CC.Cc1[c-]c(-c2ncc3c4c(cccc24)C(=O)c2c(C)cccc2-3)cc(C)c1.[Ir]. The van der Waals surface area contributed by atoms with Crippen LogP contribution in [0.3, 0.4) is 0 Å². The molecular formula is C38H42IrNO3-. The van der Waals surface area contributed by atoms with Gasteiger partial charge in [0.15, 0.2) is 11.6 Å². The molecule has 0 amide bonds. The smallest absolute Gasteiger partial charge is 0.194 e. The van der Waals surface area contributed by atoms with E-state index in [4.69, 9.17) is 4.98 Å². The Morgan fingerprint density at radius 3 is 2.14 bits per heavy atom. The van der Waals surface area contributed by atoms with Crippen molar-refractivity contribution in [2.75, 3.05) is 0 Å². The number of carbonyl (C=O) groups excluding carboxylic acids is 2. The third kappa shape index (κ3) is 7.06. The summed E-state index contributed by atoms with van der Waals surface area (Å²) in [7, 11) is 0. The van der Waals surface area contributed by atoms with E-state index in [1.807, 2.05) is 78.1 Å². The van der Waals surface area contributed by atoms with Crippen LogP contribution in [0.25, 0.3) is 33.2 Å². The maximum atomic E-state index is 13.2. The number of ketones is 2. The van der Waals surface area contributed by atoms with E-state index in [-0.39, 0.29) is 49.3 Å². The molecule has 1 heterocycles. The summed E-state index contributed by atoms with van der Waals surface area (Å²) < 4.78 is 0. The molecule has 0 saturated heterocycles. The van der Waals surface area contributed by atoms with Crippen LogP contribution >= 0.6 is 0 Å². The van der Waals surface area contributed by atoms with Crippen LogP contribution in [0, 0.1) is 38.7 Å². The van der Waals surface area contributed by atoms with E-state index in [2.05, 4.69) is 31.2 Å². The molecule has 5 rings (SSSR count). The van der Waals surface area contributed by atoms with Crippen LogP contribution < -0.4 is 0 Å². The van der Waals surface area contributed by atoms with E-state index in [9.17, 15) is 14.7 Å². The number of benzene rings is 3. The number of pyridine rings is 1. The van der Waals surface area contributed by atoms with Crippen molar-refractivity contribution < 1.29 is 34.8 Å². The summed E-state index contributed by atoms with van der Waals surface area (Å²) in [5, 5.41) is 11.8. The molecule has 4 nitrogen and oxygen atoms in total. The van der Waals surface area contributed by atoms with Gasteiger partial charge in [-0.15, -0.1) is 34.9 Å². The number of aliphatic hydroxyl groups is 1. The first kappa shape index (κ1) is 34.1. The van der Waals surface area contributed by atoms with Crippen LogP contribution in [0.5, 0.6) is 0 Å². The molecule has 0 aliphatic heterocycles. The average Bonchev–Trinajstić information content (AvgIpc) is 2.96. The first-order valence-electron chi connectivity index (χ1n) is 15.2. The third-order valence-corrected chi connectivity index (χ3v) is 8.43. The number of allylic oxidation sites excluding steroid dienone is 2. The number of nitrogens with zero attached hydrogens (tertiary/aromatic N) is 1. The Labute approximate surface area is 270 Å². The van der Waals surface area contributed by atoms with Crippen LogP contribution in [0.1, 0.15) is 86.0 Å². The largest absolute Gasteiger partial charge is 0.512 e. The molecule has 3 aromatic carbocycles. The molecular weight excluding hydrogens is 711 g/mol. The fourth-order valence-electron chi connectivity index (χ4n) is 6.04. The van der Waals surface area contributed by atoms with E-state index in [0.717, 1.165) is 81.1 Å². The van der Waals surface area contributed by atoms with Gasteiger partial charge in [0.05, 0.1) is 5.76 Å². The fraction of sp³-hybridized carbons (Fsp3) is 0.342. The van der Waals surface area contributed by atoms with E-state index >= 15 is 0 Å². The van der Waals surface area contributed by atoms with Crippen molar-refractivity contribution >= 4 is 22.3 Å². The van der Waals surface area contributed by atoms with Crippen LogP contribution in [0.15, 0.2) is 66.6 Å². The molecule has 0 spiro atoms. The Kier molecular flexibility index (Phi) is 11.8. The zero-order chi connectivity index (χ0) is 30.6. The molecule has 0 saturated carbocycles. The fourth-order valence-corrected chi connectivity index (χ4v) is 6.04. The summed E-state index contributed by atoms with van der Waals surface area (Å²) in [5.41, 5.74) is 8.70. The molecule has 43 heavy (non-hydrogen) atoms. The van der Waals surface area contributed by atoms with Gasteiger partial charge in [0.2, 0.25) is 0 Å². The molecule has 0 bridgehead atoms. The van der Waals surface area contributed by atoms with Crippen molar-refractivity contribution in [2.24, 2.45) is 11.8 Å². The minimum atomic E-state index is 0. The molecule has 0 fully saturated rings. The normalized spacial score (nSPS) is 12.1. The van der Waals surface area contributed by atoms with Crippen LogP contribution in [0.2, 0.25) is 0 Å². The van der Waals surface area contributed by atoms with E-state index < -0.39 is 0 Å². The molecule has 0 atom stereocenters. The minimum absolute atomic E-state index is 0. The minimum Gasteiger partial charge on any atom is -0.512 e.